The van der Waals surface area contributed by atoms with Gasteiger partial charge in [0.05, 0.1) is 12.2 Å². The summed E-state index contributed by atoms with van der Waals surface area (Å²) in [6.07, 6.45) is 5.33. The standard InChI is InChI=1S/C15H32N2O/c1-5-17(10-11-18-15(2,3)4)14-9-7-6-8-13(14)12-16/h13-14H,5-12,16H2,1-4H3. The molecule has 1 fully saturated rings. The van der Waals surface area contributed by atoms with Crippen LogP contribution in [-0.2, 0) is 4.74 Å². The minimum Gasteiger partial charge on any atom is -0.375 e. The first kappa shape index (κ1) is 15.9. The zero-order valence-electron chi connectivity index (χ0n) is 12.7. The minimum atomic E-state index is -0.0285. The topological polar surface area (TPSA) is 38.5 Å². The van der Waals surface area contributed by atoms with Crippen molar-refractivity contribution in [2.45, 2.75) is 65.0 Å². The Hall–Kier alpha value is -0.120. The average molecular weight is 256 g/mol. The van der Waals surface area contributed by atoms with Gasteiger partial charge < -0.3 is 10.5 Å². The third kappa shape index (κ3) is 5.25. The Balaban J connectivity index is 2.43. The molecule has 1 aliphatic carbocycles. The van der Waals surface area contributed by atoms with Crippen LogP contribution in [0, 0.1) is 5.92 Å². The fraction of sp³-hybridized carbons (Fsp3) is 1.00. The Bertz CT molecular complexity index is 225. The molecule has 2 atom stereocenters. The van der Waals surface area contributed by atoms with Crippen molar-refractivity contribution in [1.82, 2.24) is 4.90 Å². The van der Waals surface area contributed by atoms with E-state index in [1.807, 2.05) is 0 Å². The largest absolute Gasteiger partial charge is 0.375 e. The fourth-order valence-corrected chi connectivity index (χ4v) is 2.97. The van der Waals surface area contributed by atoms with Gasteiger partial charge in [0.15, 0.2) is 0 Å². The lowest BCUT2D eigenvalue weighted by Crippen LogP contribution is -2.46. The van der Waals surface area contributed by atoms with Crippen LogP contribution in [0.4, 0.5) is 0 Å². The van der Waals surface area contributed by atoms with Crippen molar-refractivity contribution >= 4 is 0 Å². The van der Waals surface area contributed by atoms with Crippen molar-refractivity contribution in [2.24, 2.45) is 11.7 Å². The molecule has 0 aromatic heterocycles. The van der Waals surface area contributed by atoms with Crippen LogP contribution in [0.15, 0.2) is 0 Å². The highest BCUT2D eigenvalue weighted by molar-refractivity contribution is 4.83. The Morgan fingerprint density at radius 2 is 1.89 bits per heavy atom. The monoisotopic (exact) mass is 256 g/mol. The van der Waals surface area contributed by atoms with E-state index in [9.17, 15) is 0 Å². The highest BCUT2D eigenvalue weighted by Gasteiger charge is 2.28. The van der Waals surface area contributed by atoms with E-state index in [1.54, 1.807) is 0 Å². The van der Waals surface area contributed by atoms with Crippen LogP contribution in [0.2, 0.25) is 0 Å². The lowest BCUT2D eigenvalue weighted by Gasteiger charge is -2.39. The molecular formula is C15H32N2O. The van der Waals surface area contributed by atoms with Gasteiger partial charge in [0.1, 0.15) is 0 Å². The Labute approximate surface area is 113 Å². The summed E-state index contributed by atoms with van der Waals surface area (Å²) in [7, 11) is 0. The van der Waals surface area contributed by atoms with Crippen LogP contribution in [-0.4, -0.2) is 42.8 Å². The van der Waals surface area contributed by atoms with Gasteiger partial charge in [0.25, 0.3) is 0 Å². The van der Waals surface area contributed by atoms with Crippen LogP contribution in [0.3, 0.4) is 0 Å². The van der Waals surface area contributed by atoms with E-state index >= 15 is 0 Å². The Morgan fingerprint density at radius 1 is 1.22 bits per heavy atom. The number of nitrogens with zero attached hydrogens (tertiary/aromatic N) is 1. The molecule has 2 unspecified atom stereocenters. The van der Waals surface area contributed by atoms with Gasteiger partial charge in [-0.25, -0.2) is 0 Å². The molecule has 3 nitrogen and oxygen atoms in total. The molecular weight excluding hydrogens is 224 g/mol. The maximum Gasteiger partial charge on any atom is 0.0600 e. The molecule has 3 heteroatoms. The van der Waals surface area contributed by atoms with Crippen molar-refractivity contribution in [3.8, 4) is 0 Å². The van der Waals surface area contributed by atoms with Gasteiger partial charge >= 0.3 is 0 Å². The number of likely N-dealkylation sites (N-methyl/N-ethyl adjacent to an activating group) is 1. The molecule has 0 radical (unpaired) electrons. The van der Waals surface area contributed by atoms with E-state index in [4.69, 9.17) is 10.5 Å². The molecule has 108 valence electrons. The second-order valence-electron chi connectivity index (χ2n) is 6.44. The van der Waals surface area contributed by atoms with Gasteiger partial charge in [-0.05, 0) is 52.6 Å². The zero-order valence-corrected chi connectivity index (χ0v) is 12.7. The summed E-state index contributed by atoms with van der Waals surface area (Å²) in [6, 6.07) is 0.678. The van der Waals surface area contributed by atoms with Gasteiger partial charge in [0.2, 0.25) is 0 Å². The van der Waals surface area contributed by atoms with E-state index in [-0.39, 0.29) is 5.60 Å². The summed E-state index contributed by atoms with van der Waals surface area (Å²) in [5.41, 5.74) is 5.90. The number of rotatable bonds is 6. The van der Waals surface area contributed by atoms with E-state index < -0.39 is 0 Å². The minimum absolute atomic E-state index is 0.0285. The first-order chi connectivity index (χ1) is 8.48. The fourth-order valence-electron chi connectivity index (χ4n) is 2.97. The van der Waals surface area contributed by atoms with E-state index in [0.717, 1.165) is 26.2 Å². The van der Waals surface area contributed by atoms with Gasteiger partial charge in [0, 0.05) is 12.6 Å². The van der Waals surface area contributed by atoms with E-state index in [2.05, 4.69) is 32.6 Å². The quantitative estimate of drug-likeness (QED) is 0.794. The van der Waals surface area contributed by atoms with Crippen molar-refractivity contribution in [1.29, 1.82) is 0 Å². The normalized spacial score (nSPS) is 25.7. The molecule has 1 saturated carbocycles. The molecule has 0 spiro atoms. The first-order valence-corrected chi connectivity index (χ1v) is 7.56. The molecule has 0 aliphatic heterocycles. The van der Waals surface area contributed by atoms with Crippen molar-refractivity contribution in [2.75, 3.05) is 26.2 Å². The van der Waals surface area contributed by atoms with Crippen molar-refractivity contribution in [3.05, 3.63) is 0 Å². The van der Waals surface area contributed by atoms with Crippen LogP contribution in [0.5, 0.6) is 0 Å². The molecule has 1 aliphatic rings. The second-order valence-corrected chi connectivity index (χ2v) is 6.44. The highest BCUT2D eigenvalue weighted by Crippen LogP contribution is 2.27. The lowest BCUT2D eigenvalue weighted by molar-refractivity contribution is -0.0228. The first-order valence-electron chi connectivity index (χ1n) is 7.56. The van der Waals surface area contributed by atoms with E-state index in [0.29, 0.717) is 12.0 Å². The van der Waals surface area contributed by atoms with Crippen LogP contribution in [0.25, 0.3) is 0 Å². The third-order valence-electron chi connectivity index (χ3n) is 3.96. The summed E-state index contributed by atoms with van der Waals surface area (Å²) >= 11 is 0. The van der Waals surface area contributed by atoms with Gasteiger partial charge in [-0.1, -0.05) is 19.8 Å². The molecule has 0 saturated heterocycles. The van der Waals surface area contributed by atoms with Crippen molar-refractivity contribution < 1.29 is 4.74 Å². The molecule has 0 bridgehead atoms. The molecule has 1 rings (SSSR count). The highest BCUT2D eigenvalue weighted by atomic mass is 16.5. The molecule has 0 heterocycles. The number of hydrogen-bond acceptors (Lipinski definition) is 3. The van der Waals surface area contributed by atoms with Crippen LogP contribution < -0.4 is 5.73 Å². The second kappa shape index (κ2) is 7.46. The van der Waals surface area contributed by atoms with Crippen LogP contribution >= 0.6 is 0 Å². The Morgan fingerprint density at radius 3 is 2.44 bits per heavy atom. The third-order valence-corrected chi connectivity index (χ3v) is 3.96. The summed E-state index contributed by atoms with van der Waals surface area (Å²) in [5.74, 6) is 0.688. The summed E-state index contributed by atoms with van der Waals surface area (Å²) in [6.45, 7) is 12.4. The predicted molar refractivity (Wildman–Crippen MR) is 77.8 cm³/mol. The maximum atomic E-state index is 5.93. The summed E-state index contributed by atoms with van der Waals surface area (Å²) in [5, 5.41) is 0. The van der Waals surface area contributed by atoms with Crippen molar-refractivity contribution in [3.63, 3.8) is 0 Å². The predicted octanol–water partition coefficient (Wildman–Crippen LogP) is 2.64. The maximum absolute atomic E-state index is 5.93. The van der Waals surface area contributed by atoms with E-state index in [1.165, 1.54) is 25.7 Å². The lowest BCUT2D eigenvalue weighted by atomic mass is 9.83. The summed E-state index contributed by atoms with van der Waals surface area (Å²) in [4.78, 5) is 2.57. The van der Waals surface area contributed by atoms with Gasteiger partial charge in [-0.3, -0.25) is 4.90 Å². The molecule has 18 heavy (non-hydrogen) atoms. The zero-order chi connectivity index (χ0) is 13.6. The molecule has 0 aromatic rings. The SMILES string of the molecule is CCN(CCOC(C)(C)C)C1CCCCC1CN. The summed E-state index contributed by atoms with van der Waals surface area (Å²) < 4.78 is 5.85. The molecule has 0 amide bonds. The van der Waals surface area contributed by atoms with Gasteiger partial charge in [-0.2, -0.15) is 0 Å². The number of hydrogen-bond donors (Lipinski definition) is 1. The Kier molecular flexibility index (Phi) is 6.61. The van der Waals surface area contributed by atoms with Gasteiger partial charge in [-0.15, -0.1) is 0 Å². The smallest absolute Gasteiger partial charge is 0.0600 e. The molecule has 2 N–H and O–H groups in total. The average Bonchev–Trinajstić information content (AvgIpc) is 2.33. The number of ether oxygens (including phenoxy) is 1. The molecule has 0 aromatic carbocycles. The number of nitrogens with two attached hydrogens (primary N) is 1. The van der Waals surface area contributed by atoms with Crippen LogP contribution in [0.1, 0.15) is 53.4 Å².